The first kappa shape index (κ1) is 20.3. The number of urea groups is 1. The third-order valence-electron chi connectivity index (χ3n) is 6.33. The molecule has 3 amide bonds. The van der Waals surface area contributed by atoms with Crippen LogP contribution in [0.5, 0.6) is 0 Å². The number of nitrogens with one attached hydrogen (secondary N) is 2. The van der Waals surface area contributed by atoms with E-state index in [-0.39, 0.29) is 11.7 Å². The Morgan fingerprint density at radius 1 is 1.21 bits per heavy atom. The van der Waals surface area contributed by atoms with E-state index in [1.54, 1.807) is 0 Å². The van der Waals surface area contributed by atoms with E-state index in [1.165, 1.54) is 22.3 Å². The second kappa shape index (κ2) is 7.40. The zero-order chi connectivity index (χ0) is 20.8. The number of rotatable bonds is 3. The zero-order valence-corrected chi connectivity index (χ0v) is 18.3. The maximum absolute atomic E-state index is 13.1. The molecule has 0 radical (unpaired) electrons. The van der Waals surface area contributed by atoms with E-state index >= 15 is 0 Å². The summed E-state index contributed by atoms with van der Waals surface area (Å²) in [5.74, 6) is -0.123. The van der Waals surface area contributed by atoms with Crippen molar-refractivity contribution in [3.63, 3.8) is 0 Å². The van der Waals surface area contributed by atoms with Crippen LogP contribution in [-0.2, 0) is 40.4 Å². The highest BCUT2D eigenvalue weighted by Gasteiger charge is 2.40. The lowest BCUT2D eigenvalue weighted by Gasteiger charge is -2.35. The number of anilines is 1. The molecule has 2 unspecified atom stereocenters. The van der Waals surface area contributed by atoms with Gasteiger partial charge in [-0.1, -0.05) is 6.07 Å². The number of carbonyl (C=O) groups excluding carboxylic acids is 2. The van der Waals surface area contributed by atoms with E-state index in [0.717, 1.165) is 44.2 Å². The van der Waals surface area contributed by atoms with Gasteiger partial charge in [0.15, 0.2) is 0 Å². The van der Waals surface area contributed by atoms with Crippen LogP contribution in [0.2, 0.25) is 0 Å². The summed E-state index contributed by atoms with van der Waals surface area (Å²) in [6.45, 7) is 2.42. The number of hydrogen-bond donors (Lipinski definition) is 2. The molecule has 29 heavy (non-hydrogen) atoms. The fourth-order valence-electron chi connectivity index (χ4n) is 4.94. The minimum atomic E-state index is -3.10. The standard InChI is InChI=1S/C21H30N4O3S/c1-21(13-25(2)3)10-11-29(28,23-19(21)26)24-20(27)22-18-16-8-4-6-14(16)12-15-7-5-9-17(15)18/h12H,4-11,13H2,1-3H3,(H2,22,23,24,26,27,28). The summed E-state index contributed by atoms with van der Waals surface area (Å²) in [6.07, 6.45) is 6.61. The molecule has 0 bridgehead atoms. The molecule has 1 saturated heterocycles. The Bertz CT molecular complexity index is 962. The Morgan fingerprint density at radius 2 is 1.83 bits per heavy atom. The van der Waals surface area contributed by atoms with Crippen LogP contribution < -0.4 is 10.0 Å². The Morgan fingerprint density at radius 3 is 2.38 bits per heavy atom. The predicted molar refractivity (Wildman–Crippen MR) is 114 cm³/mol. The summed E-state index contributed by atoms with van der Waals surface area (Å²) >= 11 is 0. The third-order valence-corrected chi connectivity index (χ3v) is 8.05. The van der Waals surface area contributed by atoms with Crippen molar-refractivity contribution in [3.05, 3.63) is 28.3 Å². The van der Waals surface area contributed by atoms with Gasteiger partial charge in [0.2, 0.25) is 5.91 Å². The molecule has 0 saturated carbocycles. The molecule has 2 N–H and O–H groups in total. The zero-order valence-electron chi connectivity index (χ0n) is 17.5. The molecule has 4 rings (SSSR count). The van der Waals surface area contributed by atoms with Crippen LogP contribution in [0.3, 0.4) is 0 Å². The molecular weight excluding hydrogens is 388 g/mol. The topological polar surface area (TPSA) is 90.9 Å². The normalized spacial score (nSPS) is 28.1. The van der Waals surface area contributed by atoms with Crippen LogP contribution >= 0.6 is 0 Å². The first-order valence-electron chi connectivity index (χ1n) is 10.4. The number of hydrogen-bond acceptors (Lipinski definition) is 4. The molecule has 3 aliphatic rings. The molecule has 8 heteroatoms. The Hall–Kier alpha value is -1.93. The van der Waals surface area contributed by atoms with Gasteiger partial charge in [0.1, 0.15) is 9.92 Å². The average molecular weight is 419 g/mol. The third kappa shape index (κ3) is 3.92. The van der Waals surface area contributed by atoms with Crippen molar-refractivity contribution in [2.24, 2.45) is 9.78 Å². The minimum absolute atomic E-state index is 0.182. The van der Waals surface area contributed by atoms with Gasteiger partial charge in [-0.2, -0.15) is 0 Å². The fraction of sp³-hybridized carbons (Fsp3) is 0.619. The summed E-state index contributed by atoms with van der Waals surface area (Å²) in [6, 6.07) is 1.67. The predicted octanol–water partition coefficient (Wildman–Crippen LogP) is 2.67. The molecule has 0 spiro atoms. The molecule has 158 valence electrons. The van der Waals surface area contributed by atoms with Crippen molar-refractivity contribution < 1.29 is 13.8 Å². The number of amides is 3. The van der Waals surface area contributed by atoms with Gasteiger partial charge in [-0.3, -0.25) is 9.52 Å². The number of carbonyl (C=O) groups is 2. The lowest BCUT2D eigenvalue weighted by atomic mass is 9.86. The Kier molecular flexibility index (Phi) is 5.19. The monoisotopic (exact) mass is 418 g/mol. The number of nitrogens with zero attached hydrogens (tertiary/aromatic N) is 2. The summed E-state index contributed by atoms with van der Waals surface area (Å²) in [5, 5.41) is 2.94. The van der Waals surface area contributed by atoms with Gasteiger partial charge in [0, 0.05) is 12.2 Å². The van der Waals surface area contributed by atoms with E-state index in [2.05, 4.69) is 20.5 Å². The smallest absolute Gasteiger partial charge is 0.308 e. The van der Waals surface area contributed by atoms with E-state index in [4.69, 9.17) is 0 Å². The summed E-state index contributed by atoms with van der Waals surface area (Å²) in [5.41, 5.74) is 5.29. The number of fused-ring (bicyclic) bond motifs is 2. The van der Waals surface area contributed by atoms with Crippen LogP contribution in [-0.4, -0.2) is 47.4 Å². The van der Waals surface area contributed by atoms with Crippen molar-refractivity contribution in [2.75, 3.05) is 31.7 Å². The van der Waals surface area contributed by atoms with Crippen molar-refractivity contribution in [1.29, 1.82) is 0 Å². The van der Waals surface area contributed by atoms with Crippen molar-refractivity contribution in [1.82, 2.24) is 9.62 Å². The molecule has 1 aromatic carbocycles. The minimum Gasteiger partial charge on any atom is -0.308 e. The summed E-state index contributed by atoms with van der Waals surface area (Å²) in [7, 11) is 0.705. The molecule has 2 aliphatic carbocycles. The molecule has 2 atom stereocenters. The van der Waals surface area contributed by atoms with Gasteiger partial charge >= 0.3 is 6.03 Å². The van der Waals surface area contributed by atoms with Crippen LogP contribution in [0.25, 0.3) is 0 Å². The number of aryl methyl sites for hydroxylation is 2. The second-order valence-electron chi connectivity index (χ2n) is 9.08. The van der Waals surface area contributed by atoms with Crippen LogP contribution in [0.1, 0.15) is 48.4 Å². The van der Waals surface area contributed by atoms with Gasteiger partial charge in [-0.15, -0.1) is 4.36 Å². The number of benzene rings is 1. The van der Waals surface area contributed by atoms with E-state index < -0.39 is 21.4 Å². The first-order chi connectivity index (χ1) is 13.7. The largest absolute Gasteiger partial charge is 0.354 e. The molecule has 7 nitrogen and oxygen atoms in total. The van der Waals surface area contributed by atoms with Gasteiger partial charge in [0.25, 0.3) is 0 Å². The molecule has 1 fully saturated rings. The molecule has 1 heterocycles. The quantitative estimate of drug-likeness (QED) is 0.790. The van der Waals surface area contributed by atoms with Gasteiger partial charge in [-0.25, -0.2) is 9.00 Å². The SMILES string of the molecule is CN(C)CC1(C)CCS(=O)(=NC(=O)Nc2c3c(cc4c2CCC4)CCC3)NC1=O. The molecule has 0 aromatic heterocycles. The van der Waals surface area contributed by atoms with E-state index in [0.29, 0.717) is 13.0 Å². The van der Waals surface area contributed by atoms with Crippen LogP contribution in [0, 0.1) is 5.41 Å². The average Bonchev–Trinajstić information content (AvgIpc) is 3.27. The lowest BCUT2D eigenvalue weighted by molar-refractivity contribution is -0.129. The van der Waals surface area contributed by atoms with Gasteiger partial charge < -0.3 is 10.2 Å². The second-order valence-corrected chi connectivity index (χ2v) is 11.2. The van der Waals surface area contributed by atoms with E-state index in [1.807, 2.05) is 25.9 Å². The molecular formula is C21H30N4O3S. The molecule has 1 aliphatic heterocycles. The summed E-state index contributed by atoms with van der Waals surface area (Å²) in [4.78, 5) is 27.3. The Labute approximate surface area is 172 Å². The van der Waals surface area contributed by atoms with E-state index in [9.17, 15) is 13.8 Å². The maximum atomic E-state index is 13.1. The van der Waals surface area contributed by atoms with Gasteiger partial charge in [-0.05, 0) is 88.2 Å². The van der Waals surface area contributed by atoms with Crippen LogP contribution in [0.4, 0.5) is 10.5 Å². The maximum Gasteiger partial charge on any atom is 0.354 e. The van der Waals surface area contributed by atoms with Gasteiger partial charge in [0.05, 0.1) is 11.2 Å². The summed E-state index contributed by atoms with van der Waals surface area (Å²) < 4.78 is 19.6. The van der Waals surface area contributed by atoms with Crippen molar-refractivity contribution in [3.8, 4) is 0 Å². The lowest BCUT2D eigenvalue weighted by Crippen LogP contribution is -2.53. The molecule has 1 aromatic rings. The highest BCUT2D eigenvalue weighted by Crippen LogP contribution is 2.38. The highest BCUT2D eigenvalue weighted by molar-refractivity contribution is 7.92. The first-order valence-corrected chi connectivity index (χ1v) is 12.1. The Balaban J connectivity index is 1.56. The van der Waals surface area contributed by atoms with Crippen molar-refractivity contribution >= 4 is 27.5 Å². The van der Waals surface area contributed by atoms with Crippen molar-refractivity contribution in [2.45, 2.75) is 51.9 Å². The van der Waals surface area contributed by atoms with Crippen LogP contribution in [0.15, 0.2) is 10.4 Å². The fourth-order valence-corrected chi connectivity index (χ4v) is 6.76. The highest BCUT2D eigenvalue weighted by atomic mass is 32.2.